The predicted octanol–water partition coefficient (Wildman–Crippen LogP) is 4.01. The van der Waals surface area contributed by atoms with Crippen molar-refractivity contribution in [3.8, 4) is 0 Å². The molecule has 3 nitrogen and oxygen atoms in total. The third kappa shape index (κ3) is 3.03. The fourth-order valence-electron chi connectivity index (χ4n) is 1.71. The van der Waals surface area contributed by atoms with Gasteiger partial charge in [0.2, 0.25) is 0 Å². The number of nitrogen functional groups attached to an aromatic ring is 1. The van der Waals surface area contributed by atoms with Gasteiger partial charge in [0.15, 0.2) is 5.78 Å². The summed E-state index contributed by atoms with van der Waals surface area (Å²) in [5.41, 5.74) is 7.39. The SMILES string of the molecule is CC(=O)c1ccc(Nc2cc(Cl)ccc2F)cc1N. The lowest BCUT2D eigenvalue weighted by molar-refractivity contribution is 0.101. The Morgan fingerprint density at radius 1 is 1.26 bits per heavy atom. The summed E-state index contributed by atoms with van der Waals surface area (Å²) >= 11 is 5.81. The lowest BCUT2D eigenvalue weighted by Gasteiger charge is -2.10. The van der Waals surface area contributed by atoms with Crippen molar-refractivity contribution in [3.05, 3.63) is 52.8 Å². The van der Waals surface area contributed by atoms with Crippen LogP contribution < -0.4 is 11.1 Å². The van der Waals surface area contributed by atoms with Crippen LogP contribution in [-0.2, 0) is 0 Å². The first-order valence-electron chi connectivity index (χ1n) is 5.60. The summed E-state index contributed by atoms with van der Waals surface area (Å²) in [7, 11) is 0. The smallest absolute Gasteiger partial charge is 0.161 e. The molecule has 0 spiro atoms. The molecule has 0 heterocycles. The second-order valence-corrected chi connectivity index (χ2v) is 4.54. The molecule has 0 bridgehead atoms. The molecule has 0 atom stereocenters. The van der Waals surface area contributed by atoms with Gasteiger partial charge in [-0.05, 0) is 43.3 Å². The zero-order valence-corrected chi connectivity index (χ0v) is 11.0. The highest BCUT2D eigenvalue weighted by Gasteiger charge is 2.07. The van der Waals surface area contributed by atoms with Crippen molar-refractivity contribution in [3.63, 3.8) is 0 Å². The minimum Gasteiger partial charge on any atom is -0.398 e. The van der Waals surface area contributed by atoms with Crippen molar-refractivity contribution in [2.24, 2.45) is 0 Å². The molecular weight excluding hydrogens is 267 g/mol. The third-order valence-electron chi connectivity index (χ3n) is 2.64. The van der Waals surface area contributed by atoms with E-state index in [0.29, 0.717) is 22.0 Å². The van der Waals surface area contributed by atoms with Crippen LogP contribution in [0.5, 0.6) is 0 Å². The molecule has 0 fully saturated rings. The van der Waals surface area contributed by atoms with Crippen LogP contribution in [0.2, 0.25) is 5.02 Å². The lowest BCUT2D eigenvalue weighted by atomic mass is 10.1. The van der Waals surface area contributed by atoms with Crippen LogP contribution in [0.15, 0.2) is 36.4 Å². The highest BCUT2D eigenvalue weighted by Crippen LogP contribution is 2.26. The molecule has 5 heteroatoms. The average Bonchev–Trinajstić information content (AvgIpc) is 2.33. The van der Waals surface area contributed by atoms with Crippen molar-refractivity contribution >= 4 is 34.4 Å². The van der Waals surface area contributed by atoms with E-state index in [9.17, 15) is 9.18 Å². The predicted molar refractivity (Wildman–Crippen MR) is 75.6 cm³/mol. The van der Waals surface area contributed by atoms with Gasteiger partial charge >= 0.3 is 0 Å². The van der Waals surface area contributed by atoms with Crippen molar-refractivity contribution in [1.82, 2.24) is 0 Å². The van der Waals surface area contributed by atoms with Crippen LogP contribution in [0.4, 0.5) is 21.5 Å². The Labute approximate surface area is 115 Å². The molecular formula is C14H12ClFN2O. The summed E-state index contributed by atoms with van der Waals surface area (Å²) in [6.07, 6.45) is 0. The van der Waals surface area contributed by atoms with Crippen LogP contribution >= 0.6 is 11.6 Å². The Bertz CT molecular complexity index is 643. The Balaban J connectivity index is 2.31. The van der Waals surface area contributed by atoms with Gasteiger partial charge < -0.3 is 11.1 Å². The number of rotatable bonds is 3. The molecule has 0 unspecified atom stereocenters. The molecule has 98 valence electrons. The number of Topliss-reactive ketones (excluding diaryl/α,β-unsaturated/α-hetero) is 1. The molecule has 0 aromatic heterocycles. The summed E-state index contributed by atoms with van der Waals surface area (Å²) in [6, 6.07) is 9.06. The van der Waals surface area contributed by atoms with Gasteiger partial charge in [0.25, 0.3) is 0 Å². The number of nitrogens with one attached hydrogen (secondary N) is 1. The van der Waals surface area contributed by atoms with Crippen LogP contribution in [-0.4, -0.2) is 5.78 Å². The fourth-order valence-corrected chi connectivity index (χ4v) is 1.88. The molecule has 0 aliphatic rings. The van der Waals surface area contributed by atoms with Gasteiger partial charge in [0.05, 0.1) is 5.69 Å². The standard InChI is InChI=1S/C14H12ClFN2O/c1-8(19)11-4-3-10(7-13(11)17)18-14-6-9(15)2-5-12(14)16/h2-7,18H,17H2,1H3. The first-order valence-corrected chi connectivity index (χ1v) is 5.97. The molecule has 19 heavy (non-hydrogen) atoms. The van der Waals surface area contributed by atoms with Crippen molar-refractivity contribution in [1.29, 1.82) is 0 Å². The van der Waals surface area contributed by atoms with Gasteiger partial charge in [-0.1, -0.05) is 11.6 Å². The minimum absolute atomic E-state index is 0.113. The normalized spacial score (nSPS) is 10.3. The largest absolute Gasteiger partial charge is 0.398 e. The number of anilines is 3. The number of nitrogens with two attached hydrogens (primary N) is 1. The first kappa shape index (κ1) is 13.4. The number of hydrogen-bond donors (Lipinski definition) is 2. The van der Waals surface area contributed by atoms with Gasteiger partial charge in [-0.15, -0.1) is 0 Å². The van der Waals surface area contributed by atoms with Gasteiger partial charge in [-0.2, -0.15) is 0 Å². The van der Waals surface area contributed by atoms with Crippen LogP contribution in [0.1, 0.15) is 17.3 Å². The van der Waals surface area contributed by atoms with E-state index in [1.54, 1.807) is 18.2 Å². The monoisotopic (exact) mass is 278 g/mol. The van der Waals surface area contributed by atoms with Gasteiger partial charge in [-0.25, -0.2) is 4.39 Å². The second kappa shape index (κ2) is 5.28. The zero-order chi connectivity index (χ0) is 14.0. The summed E-state index contributed by atoms with van der Waals surface area (Å²) in [5, 5.41) is 3.30. The number of ketones is 1. The maximum absolute atomic E-state index is 13.6. The second-order valence-electron chi connectivity index (χ2n) is 4.11. The molecule has 3 N–H and O–H groups in total. The average molecular weight is 279 g/mol. The summed E-state index contributed by atoms with van der Waals surface area (Å²) in [5.74, 6) is -0.531. The number of benzene rings is 2. The summed E-state index contributed by atoms with van der Waals surface area (Å²) < 4.78 is 13.6. The summed E-state index contributed by atoms with van der Waals surface area (Å²) in [4.78, 5) is 11.3. The molecule has 0 radical (unpaired) electrons. The van der Waals surface area contributed by atoms with E-state index >= 15 is 0 Å². The number of hydrogen-bond acceptors (Lipinski definition) is 3. The molecule has 2 aromatic carbocycles. The van der Waals surface area contributed by atoms with Crippen molar-refractivity contribution < 1.29 is 9.18 Å². The molecule has 0 aliphatic carbocycles. The number of halogens is 2. The molecule has 2 aromatic rings. The number of carbonyl (C=O) groups is 1. The molecule has 0 saturated carbocycles. The topological polar surface area (TPSA) is 55.1 Å². The molecule has 0 aliphatic heterocycles. The highest BCUT2D eigenvalue weighted by atomic mass is 35.5. The molecule has 0 amide bonds. The Morgan fingerprint density at radius 3 is 2.63 bits per heavy atom. The molecule has 2 rings (SSSR count). The van der Waals surface area contributed by atoms with Crippen LogP contribution in [0.25, 0.3) is 0 Å². The van der Waals surface area contributed by atoms with Gasteiger partial charge in [0.1, 0.15) is 5.82 Å². The van der Waals surface area contributed by atoms with E-state index in [-0.39, 0.29) is 11.5 Å². The Hall–Kier alpha value is -2.07. The van der Waals surface area contributed by atoms with E-state index in [1.165, 1.54) is 25.1 Å². The van der Waals surface area contributed by atoms with Crippen molar-refractivity contribution in [2.45, 2.75) is 6.92 Å². The third-order valence-corrected chi connectivity index (χ3v) is 2.87. The van der Waals surface area contributed by atoms with E-state index in [4.69, 9.17) is 17.3 Å². The fraction of sp³-hybridized carbons (Fsp3) is 0.0714. The van der Waals surface area contributed by atoms with E-state index in [1.807, 2.05) is 0 Å². The van der Waals surface area contributed by atoms with Gasteiger partial charge in [0, 0.05) is 22.0 Å². The quantitative estimate of drug-likeness (QED) is 0.659. The van der Waals surface area contributed by atoms with Crippen molar-refractivity contribution in [2.75, 3.05) is 11.1 Å². The zero-order valence-electron chi connectivity index (χ0n) is 10.2. The van der Waals surface area contributed by atoms with Crippen LogP contribution in [0, 0.1) is 5.82 Å². The highest BCUT2D eigenvalue weighted by molar-refractivity contribution is 6.30. The van der Waals surface area contributed by atoms with E-state index < -0.39 is 5.82 Å². The number of carbonyl (C=O) groups excluding carboxylic acids is 1. The Kier molecular flexibility index (Phi) is 3.71. The lowest BCUT2D eigenvalue weighted by Crippen LogP contribution is -2.01. The maximum atomic E-state index is 13.6. The van der Waals surface area contributed by atoms with E-state index in [2.05, 4.69) is 5.32 Å². The maximum Gasteiger partial charge on any atom is 0.161 e. The summed E-state index contributed by atoms with van der Waals surface area (Å²) in [6.45, 7) is 1.44. The van der Waals surface area contributed by atoms with E-state index in [0.717, 1.165) is 0 Å². The van der Waals surface area contributed by atoms with Gasteiger partial charge in [-0.3, -0.25) is 4.79 Å². The van der Waals surface area contributed by atoms with Crippen LogP contribution in [0.3, 0.4) is 0 Å². The Morgan fingerprint density at radius 2 is 2.00 bits per heavy atom. The molecule has 0 saturated heterocycles. The first-order chi connectivity index (χ1) is 8.97. The minimum atomic E-state index is -0.418.